The molecule has 1 aliphatic rings. The molecule has 0 spiro atoms. The van der Waals surface area contributed by atoms with E-state index in [9.17, 15) is 4.79 Å². The van der Waals surface area contributed by atoms with Crippen LogP contribution in [0.2, 0.25) is 0 Å². The predicted octanol–water partition coefficient (Wildman–Crippen LogP) is -0.0873. The molecule has 2 amide bonds. The van der Waals surface area contributed by atoms with Crippen molar-refractivity contribution in [1.29, 1.82) is 0 Å². The number of ether oxygens (including phenoxy) is 1. The molecule has 1 aromatic rings. The summed E-state index contributed by atoms with van der Waals surface area (Å²) in [5.74, 6) is 0.497. The molecule has 1 aromatic heterocycles. The van der Waals surface area contributed by atoms with Gasteiger partial charge in [-0.25, -0.2) is 4.79 Å². The third-order valence-corrected chi connectivity index (χ3v) is 2.46. The van der Waals surface area contributed by atoms with E-state index in [0.29, 0.717) is 24.7 Å². The highest BCUT2D eigenvalue weighted by atomic mass is 16.5. The molecule has 1 aliphatic heterocycles. The van der Waals surface area contributed by atoms with Crippen LogP contribution in [0.3, 0.4) is 0 Å². The molecule has 0 bridgehead atoms. The van der Waals surface area contributed by atoms with E-state index in [0.717, 1.165) is 6.42 Å². The summed E-state index contributed by atoms with van der Waals surface area (Å²) in [5, 5.41) is 9.38. The average Bonchev–Trinajstić information content (AvgIpc) is 2.83. The number of nitrogens with zero attached hydrogens (tertiary/aromatic N) is 2. The van der Waals surface area contributed by atoms with E-state index in [4.69, 9.17) is 10.5 Å². The lowest BCUT2D eigenvalue weighted by atomic mass is 10.3. The number of amides is 2. The number of aromatic nitrogens is 2. The molecule has 1 fully saturated rings. The lowest BCUT2D eigenvalue weighted by Gasteiger charge is -2.12. The summed E-state index contributed by atoms with van der Waals surface area (Å²) in [6.07, 6.45) is 2.34. The standard InChI is InChI=1S/C9H15N5O2/c1-14-8(7(10)4-11-14)13-9(15)12-6-2-3-16-5-6/h4,6H,2-3,5,10H2,1H3,(H2,12,13,15). The second kappa shape index (κ2) is 4.40. The van der Waals surface area contributed by atoms with Gasteiger partial charge in [-0.15, -0.1) is 0 Å². The first-order chi connectivity index (χ1) is 7.66. The van der Waals surface area contributed by atoms with Gasteiger partial charge in [0.1, 0.15) is 0 Å². The SMILES string of the molecule is Cn1ncc(N)c1NC(=O)NC1CCOC1. The fourth-order valence-electron chi connectivity index (χ4n) is 1.58. The minimum atomic E-state index is -0.286. The molecule has 0 saturated carbocycles. The van der Waals surface area contributed by atoms with Gasteiger partial charge in [-0.1, -0.05) is 0 Å². The second-order valence-corrected chi connectivity index (χ2v) is 3.73. The third-order valence-electron chi connectivity index (χ3n) is 2.46. The van der Waals surface area contributed by atoms with E-state index in [2.05, 4.69) is 15.7 Å². The van der Waals surface area contributed by atoms with Gasteiger partial charge in [0.15, 0.2) is 5.82 Å². The zero-order valence-corrected chi connectivity index (χ0v) is 9.06. The van der Waals surface area contributed by atoms with Crippen LogP contribution in [0.1, 0.15) is 6.42 Å². The van der Waals surface area contributed by atoms with Crippen molar-refractivity contribution in [3.05, 3.63) is 6.20 Å². The predicted molar refractivity (Wildman–Crippen MR) is 59.0 cm³/mol. The van der Waals surface area contributed by atoms with Gasteiger partial charge >= 0.3 is 6.03 Å². The zero-order chi connectivity index (χ0) is 11.5. The Bertz CT molecular complexity index is 364. The van der Waals surface area contributed by atoms with Crippen LogP contribution in [0.25, 0.3) is 0 Å². The quantitative estimate of drug-likeness (QED) is 0.655. The van der Waals surface area contributed by atoms with Gasteiger partial charge in [-0.3, -0.25) is 10.00 Å². The Labute approximate surface area is 92.9 Å². The molecule has 0 radical (unpaired) electrons. The monoisotopic (exact) mass is 225 g/mol. The van der Waals surface area contributed by atoms with Gasteiger partial charge in [0, 0.05) is 13.7 Å². The number of carbonyl (C=O) groups excluding carboxylic acids is 1. The normalized spacial score (nSPS) is 19.7. The Morgan fingerprint density at radius 1 is 1.75 bits per heavy atom. The summed E-state index contributed by atoms with van der Waals surface area (Å²) >= 11 is 0. The smallest absolute Gasteiger partial charge is 0.320 e. The first kappa shape index (κ1) is 10.7. The van der Waals surface area contributed by atoms with Crippen molar-refractivity contribution in [3.63, 3.8) is 0 Å². The summed E-state index contributed by atoms with van der Waals surface area (Å²) in [5.41, 5.74) is 6.09. The molecule has 16 heavy (non-hydrogen) atoms. The summed E-state index contributed by atoms with van der Waals surface area (Å²) in [7, 11) is 1.71. The number of anilines is 2. The minimum absolute atomic E-state index is 0.0782. The van der Waals surface area contributed by atoms with E-state index < -0.39 is 0 Å². The van der Waals surface area contributed by atoms with Crippen LogP contribution >= 0.6 is 0 Å². The highest BCUT2D eigenvalue weighted by molar-refractivity contribution is 5.91. The van der Waals surface area contributed by atoms with Crippen LogP contribution < -0.4 is 16.4 Å². The number of nitrogens with one attached hydrogen (secondary N) is 2. The van der Waals surface area contributed by atoms with Gasteiger partial charge < -0.3 is 15.8 Å². The van der Waals surface area contributed by atoms with E-state index in [1.165, 1.54) is 10.9 Å². The molecule has 0 aliphatic carbocycles. The van der Waals surface area contributed by atoms with Gasteiger partial charge in [0.25, 0.3) is 0 Å². The van der Waals surface area contributed by atoms with Crippen molar-refractivity contribution in [2.75, 3.05) is 24.3 Å². The number of carbonyl (C=O) groups is 1. The molecular weight excluding hydrogens is 210 g/mol. The number of nitrogens with two attached hydrogens (primary N) is 1. The van der Waals surface area contributed by atoms with Gasteiger partial charge in [0.05, 0.1) is 24.5 Å². The molecule has 2 heterocycles. The lowest BCUT2D eigenvalue weighted by Crippen LogP contribution is -2.38. The van der Waals surface area contributed by atoms with Crippen LogP contribution in [-0.2, 0) is 11.8 Å². The number of rotatable bonds is 2. The van der Waals surface area contributed by atoms with Crippen LogP contribution in [0.15, 0.2) is 6.20 Å². The number of hydrogen-bond donors (Lipinski definition) is 3. The Hall–Kier alpha value is -1.76. The average molecular weight is 225 g/mol. The number of aryl methyl sites for hydroxylation is 1. The van der Waals surface area contributed by atoms with Crippen LogP contribution in [0, 0.1) is 0 Å². The molecule has 1 saturated heterocycles. The topological polar surface area (TPSA) is 94.2 Å². The third kappa shape index (κ3) is 2.25. The van der Waals surface area contributed by atoms with E-state index in [1.54, 1.807) is 7.05 Å². The minimum Gasteiger partial charge on any atom is -0.394 e. The maximum Gasteiger partial charge on any atom is 0.320 e. The molecule has 4 N–H and O–H groups in total. The first-order valence-corrected chi connectivity index (χ1v) is 5.09. The van der Waals surface area contributed by atoms with Crippen molar-refractivity contribution in [2.24, 2.45) is 7.05 Å². The molecule has 7 heteroatoms. The summed E-state index contributed by atoms with van der Waals surface area (Å²) < 4.78 is 6.67. The van der Waals surface area contributed by atoms with Crippen molar-refractivity contribution in [2.45, 2.75) is 12.5 Å². The highest BCUT2D eigenvalue weighted by Gasteiger charge is 2.18. The molecule has 1 atom stereocenters. The van der Waals surface area contributed by atoms with Gasteiger partial charge in [0.2, 0.25) is 0 Å². The summed E-state index contributed by atoms with van der Waals surface area (Å²) in [6.45, 7) is 1.26. The Balaban J connectivity index is 1.91. The number of urea groups is 1. The first-order valence-electron chi connectivity index (χ1n) is 5.09. The summed E-state index contributed by atoms with van der Waals surface area (Å²) in [6, 6.07) is -0.208. The highest BCUT2D eigenvalue weighted by Crippen LogP contribution is 2.15. The van der Waals surface area contributed by atoms with Crippen molar-refractivity contribution in [1.82, 2.24) is 15.1 Å². The van der Waals surface area contributed by atoms with Crippen LogP contribution in [0.5, 0.6) is 0 Å². The second-order valence-electron chi connectivity index (χ2n) is 3.73. The van der Waals surface area contributed by atoms with Crippen molar-refractivity contribution >= 4 is 17.5 Å². The Morgan fingerprint density at radius 3 is 3.12 bits per heavy atom. The molecular formula is C9H15N5O2. The maximum absolute atomic E-state index is 11.6. The van der Waals surface area contributed by atoms with E-state index >= 15 is 0 Å². The molecule has 88 valence electrons. The van der Waals surface area contributed by atoms with Crippen LogP contribution in [0.4, 0.5) is 16.3 Å². The largest absolute Gasteiger partial charge is 0.394 e. The van der Waals surface area contributed by atoms with Crippen molar-refractivity contribution in [3.8, 4) is 0 Å². The van der Waals surface area contributed by atoms with Crippen LogP contribution in [-0.4, -0.2) is 35.1 Å². The Kier molecular flexibility index (Phi) is 2.95. The maximum atomic E-state index is 11.6. The number of hydrogen-bond acceptors (Lipinski definition) is 4. The zero-order valence-electron chi connectivity index (χ0n) is 9.06. The van der Waals surface area contributed by atoms with E-state index in [-0.39, 0.29) is 12.1 Å². The van der Waals surface area contributed by atoms with Crippen molar-refractivity contribution < 1.29 is 9.53 Å². The van der Waals surface area contributed by atoms with E-state index in [1.807, 2.05) is 0 Å². The lowest BCUT2D eigenvalue weighted by molar-refractivity contribution is 0.189. The van der Waals surface area contributed by atoms with Gasteiger partial charge in [-0.05, 0) is 6.42 Å². The fraction of sp³-hybridized carbons (Fsp3) is 0.556. The molecule has 2 rings (SSSR count). The number of nitrogen functional groups attached to an aromatic ring is 1. The fourth-order valence-corrected chi connectivity index (χ4v) is 1.58. The molecule has 0 aromatic carbocycles. The van der Waals surface area contributed by atoms with Gasteiger partial charge in [-0.2, -0.15) is 5.10 Å². The Morgan fingerprint density at radius 2 is 2.56 bits per heavy atom. The molecule has 7 nitrogen and oxygen atoms in total. The summed E-state index contributed by atoms with van der Waals surface area (Å²) in [4.78, 5) is 11.6. The molecule has 1 unspecified atom stereocenters.